The van der Waals surface area contributed by atoms with Crippen LogP contribution in [0.25, 0.3) is 10.9 Å². The van der Waals surface area contributed by atoms with Gasteiger partial charge in [-0.25, -0.2) is 4.98 Å². The predicted octanol–water partition coefficient (Wildman–Crippen LogP) is 1.59. The van der Waals surface area contributed by atoms with Gasteiger partial charge >= 0.3 is 0 Å². The molecule has 1 saturated heterocycles. The highest BCUT2D eigenvalue weighted by atomic mass is 16.5. The number of amides is 1. The van der Waals surface area contributed by atoms with Crippen LogP contribution in [0, 0.1) is 6.92 Å². The summed E-state index contributed by atoms with van der Waals surface area (Å²) < 4.78 is 6.64. The van der Waals surface area contributed by atoms with E-state index < -0.39 is 0 Å². The van der Waals surface area contributed by atoms with Gasteiger partial charge in [-0.2, -0.15) is 9.78 Å². The van der Waals surface area contributed by atoms with Gasteiger partial charge in [-0.3, -0.25) is 19.4 Å². The number of carbonyl (C=O) groups is 1. The van der Waals surface area contributed by atoms with Crippen molar-refractivity contribution in [1.82, 2.24) is 14.6 Å². The molecule has 2 aliphatic rings. The van der Waals surface area contributed by atoms with Crippen LogP contribution >= 0.6 is 0 Å². The Bertz CT molecular complexity index is 1230. The average molecular weight is 403 g/mol. The van der Waals surface area contributed by atoms with E-state index in [1.165, 1.54) is 4.68 Å². The molecule has 0 aliphatic carbocycles. The van der Waals surface area contributed by atoms with Crippen LogP contribution in [0.1, 0.15) is 11.4 Å². The minimum Gasteiger partial charge on any atom is -0.379 e. The van der Waals surface area contributed by atoms with Crippen molar-refractivity contribution in [2.45, 2.75) is 6.92 Å². The molecule has 0 spiro atoms. The molecule has 0 atom stereocenters. The Labute approximate surface area is 173 Å². The third-order valence-electron chi connectivity index (χ3n) is 5.46. The lowest BCUT2D eigenvalue weighted by molar-refractivity contribution is -0.112. The molecular formula is C22H21N5O3. The number of nitrogens with zero attached hydrogens (tertiary/aromatic N) is 5. The molecule has 1 fully saturated rings. The van der Waals surface area contributed by atoms with Crippen LogP contribution in [0.3, 0.4) is 0 Å². The molecule has 8 nitrogen and oxygen atoms in total. The fourth-order valence-corrected chi connectivity index (χ4v) is 3.89. The molecule has 0 radical (unpaired) electrons. The second-order valence-electron chi connectivity index (χ2n) is 7.36. The number of rotatable bonds is 3. The van der Waals surface area contributed by atoms with Gasteiger partial charge in [0.2, 0.25) is 0 Å². The van der Waals surface area contributed by atoms with Gasteiger partial charge in [-0.05, 0) is 25.1 Å². The number of carbonyl (C=O) groups excluding carboxylic acids is 1. The fourth-order valence-electron chi connectivity index (χ4n) is 3.89. The smallest absolute Gasteiger partial charge is 0.282 e. The summed E-state index contributed by atoms with van der Waals surface area (Å²) in [4.78, 5) is 34.7. The van der Waals surface area contributed by atoms with E-state index in [1.807, 2.05) is 30.3 Å². The number of fused-ring (bicyclic) bond motifs is 2. The first-order chi connectivity index (χ1) is 14.6. The summed E-state index contributed by atoms with van der Waals surface area (Å²) in [5.41, 5.74) is 2.09. The molecule has 8 heteroatoms. The van der Waals surface area contributed by atoms with E-state index in [4.69, 9.17) is 4.74 Å². The van der Waals surface area contributed by atoms with Gasteiger partial charge in [0.05, 0.1) is 36.5 Å². The summed E-state index contributed by atoms with van der Waals surface area (Å²) in [5, 5.41) is 4.97. The zero-order valence-electron chi connectivity index (χ0n) is 16.6. The number of aromatic nitrogens is 2. The molecule has 1 aromatic heterocycles. The summed E-state index contributed by atoms with van der Waals surface area (Å²) in [6.45, 7) is 5.03. The Hall–Kier alpha value is -3.36. The number of hydrogen-bond donors (Lipinski definition) is 0. The van der Waals surface area contributed by atoms with Crippen LogP contribution in [0.5, 0.6) is 0 Å². The van der Waals surface area contributed by atoms with Gasteiger partial charge in [-0.15, -0.1) is 0 Å². The van der Waals surface area contributed by atoms with Crippen molar-refractivity contribution in [3.05, 3.63) is 70.3 Å². The number of hydrogen-bond acceptors (Lipinski definition) is 6. The van der Waals surface area contributed by atoms with Gasteiger partial charge in [0, 0.05) is 18.7 Å². The molecule has 152 valence electrons. The maximum absolute atomic E-state index is 13.3. The predicted molar refractivity (Wildman–Crippen MR) is 114 cm³/mol. The summed E-state index contributed by atoms with van der Waals surface area (Å²) in [5.74, 6) is 0.213. The lowest BCUT2D eigenvalue weighted by Gasteiger charge is -2.30. The van der Waals surface area contributed by atoms with E-state index >= 15 is 0 Å². The molecule has 30 heavy (non-hydrogen) atoms. The summed E-state index contributed by atoms with van der Waals surface area (Å²) in [6.07, 6.45) is 0. The molecule has 2 aromatic carbocycles. The molecule has 0 saturated carbocycles. The second-order valence-corrected chi connectivity index (χ2v) is 7.36. The van der Waals surface area contributed by atoms with Crippen molar-refractivity contribution < 1.29 is 9.53 Å². The third kappa shape index (κ3) is 3.10. The Morgan fingerprint density at radius 3 is 2.60 bits per heavy atom. The van der Waals surface area contributed by atoms with E-state index in [-0.39, 0.29) is 17.2 Å². The van der Waals surface area contributed by atoms with Crippen molar-refractivity contribution in [2.75, 3.05) is 37.9 Å². The quantitative estimate of drug-likeness (QED) is 0.664. The van der Waals surface area contributed by atoms with Gasteiger partial charge in [0.15, 0.2) is 5.71 Å². The Balaban J connectivity index is 1.59. The summed E-state index contributed by atoms with van der Waals surface area (Å²) in [7, 11) is 0. The first-order valence-corrected chi connectivity index (χ1v) is 9.92. The van der Waals surface area contributed by atoms with Gasteiger partial charge in [0.25, 0.3) is 11.5 Å². The van der Waals surface area contributed by atoms with Gasteiger partial charge in [-0.1, -0.05) is 30.3 Å². The van der Waals surface area contributed by atoms with E-state index in [1.54, 1.807) is 30.0 Å². The molecule has 3 aromatic rings. The van der Waals surface area contributed by atoms with Crippen molar-refractivity contribution in [3.8, 4) is 0 Å². The number of morpholine rings is 1. The first-order valence-electron chi connectivity index (χ1n) is 9.92. The van der Waals surface area contributed by atoms with Crippen LogP contribution in [-0.2, 0) is 9.53 Å². The number of aryl methyl sites for hydroxylation is 1. The minimum atomic E-state index is -0.289. The number of ether oxygens (including phenoxy) is 1. The SMILES string of the molecule is Cc1nc2ccccc2c(=O)n1/N=C1/C(=O)N(CN2CCOCC2)c2ccccc21. The highest BCUT2D eigenvalue weighted by molar-refractivity contribution is 6.54. The first kappa shape index (κ1) is 18.7. The lowest BCUT2D eigenvalue weighted by atomic mass is 10.1. The van der Waals surface area contributed by atoms with Crippen LogP contribution < -0.4 is 10.5 Å². The highest BCUT2D eigenvalue weighted by Crippen LogP contribution is 2.29. The maximum Gasteiger partial charge on any atom is 0.282 e. The summed E-state index contributed by atoms with van der Waals surface area (Å²) in [6, 6.07) is 14.7. The van der Waals surface area contributed by atoms with Crippen molar-refractivity contribution in [3.63, 3.8) is 0 Å². The monoisotopic (exact) mass is 403 g/mol. The Morgan fingerprint density at radius 1 is 1.03 bits per heavy atom. The minimum absolute atomic E-state index is 0.220. The molecule has 0 N–H and O–H groups in total. The fraction of sp³-hybridized carbons (Fsp3) is 0.273. The third-order valence-corrected chi connectivity index (χ3v) is 5.46. The Kier molecular flexibility index (Phi) is 4.65. The van der Waals surface area contributed by atoms with E-state index in [9.17, 15) is 9.59 Å². The van der Waals surface area contributed by atoms with E-state index in [0.717, 1.165) is 24.3 Å². The van der Waals surface area contributed by atoms with Crippen LogP contribution in [0.15, 0.2) is 58.4 Å². The van der Waals surface area contributed by atoms with Crippen LogP contribution in [-0.4, -0.2) is 59.2 Å². The Morgan fingerprint density at radius 2 is 1.77 bits per heavy atom. The van der Waals surface area contributed by atoms with Crippen molar-refractivity contribution in [2.24, 2.45) is 5.10 Å². The molecule has 3 heterocycles. The van der Waals surface area contributed by atoms with Crippen molar-refractivity contribution >= 4 is 28.2 Å². The van der Waals surface area contributed by atoms with Gasteiger partial charge < -0.3 is 4.74 Å². The summed E-state index contributed by atoms with van der Waals surface area (Å²) >= 11 is 0. The number of benzene rings is 2. The largest absolute Gasteiger partial charge is 0.379 e. The normalized spacial score (nSPS) is 18.4. The molecule has 0 unspecified atom stereocenters. The van der Waals surface area contributed by atoms with Crippen molar-refractivity contribution in [1.29, 1.82) is 0 Å². The van der Waals surface area contributed by atoms with Crippen LogP contribution in [0.2, 0.25) is 0 Å². The highest BCUT2D eigenvalue weighted by Gasteiger charge is 2.35. The lowest BCUT2D eigenvalue weighted by Crippen LogP contribution is -2.46. The second kappa shape index (κ2) is 7.47. The molecule has 0 bridgehead atoms. The standard InChI is InChI=1S/C22H21N5O3/c1-15-23-18-8-4-2-6-16(18)21(28)27(15)24-20-17-7-3-5-9-19(17)26(22(20)29)14-25-10-12-30-13-11-25/h2-9H,10-14H2,1H3/b24-20+. The number of anilines is 1. The van der Waals surface area contributed by atoms with E-state index in [0.29, 0.717) is 36.6 Å². The molecular weight excluding hydrogens is 382 g/mol. The van der Waals surface area contributed by atoms with Gasteiger partial charge in [0.1, 0.15) is 5.82 Å². The topological polar surface area (TPSA) is 80.0 Å². The molecule has 1 amide bonds. The molecule has 5 rings (SSSR count). The average Bonchev–Trinajstić information content (AvgIpc) is 3.03. The van der Waals surface area contributed by atoms with E-state index in [2.05, 4.69) is 15.0 Å². The number of para-hydroxylation sites is 2. The zero-order chi connectivity index (χ0) is 20.7. The van der Waals surface area contributed by atoms with Crippen LogP contribution in [0.4, 0.5) is 5.69 Å². The molecule has 2 aliphatic heterocycles. The zero-order valence-corrected chi connectivity index (χ0v) is 16.6. The maximum atomic E-state index is 13.3.